The SMILES string of the molecule is FC(F)(F)c1cc(CN2CCCC2)cc(OC2CCNCC2)n1. The van der Waals surface area contributed by atoms with E-state index in [0.717, 1.165) is 57.9 Å². The summed E-state index contributed by atoms with van der Waals surface area (Å²) >= 11 is 0. The first kappa shape index (κ1) is 16.5. The van der Waals surface area contributed by atoms with Crippen molar-refractivity contribution in [2.24, 2.45) is 0 Å². The Morgan fingerprint density at radius 2 is 1.87 bits per heavy atom. The van der Waals surface area contributed by atoms with Gasteiger partial charge in [-0.3, -0.25) is 4.90 Å². The van der Waals surface area contributed by atoms with Crippen LogP contribution < -0.4 is 10.1 Å². The molecule has 0 atom stereocenters. The largest absolute Gasteiger partial charge is 0.474 e. The van der Waals surface area contributed by atoms with Gasteiger partial charge in [-0.2, -0.15) is 13.2 Å². The fourth-order valence-electron chi connectivity index (χ4n) is 3.14. The molecule has 3 heterocycles. The lowest BCUT2D eigenvalue weighted by Gasteiger charge is -2.24. The molecule has 2 aliphatic rings. The molecule has 7 heteroatoms. The monoisotopic (exact) mass is 329 g/mol. The van der Waals surface area contributed by atoms with Crippen LogP contribution >= 0.6 is 0 Å². The van der Waals surface area contributed by atoms with Crippen LogP contribution in [0.5, 0.6) is 5.88 Å². The molecule has 2 aliphatic heterocycles. The minimum Gasteiger partial charge on any atom is -0.474 e. The van der Waals surface area contributed by atoms with Gasteiger partial charge in [0, 0.05) is 12.6 Å². The van der Waals surface area contributed by atoms with E-state index < -0.39 is 11.9 Å². The van der Waals surface area contributed by atoms with Crippen LogP contribution in [-0.2, 0) is 12.7 Å². The number of nitrogens with one attached hydrogen (secondary N) is 1. The van der Waals surface area contributed by atoms with Gasteiger partial charge in [-0.15, -0.1) is 0 Å². The van der Waals surface area contributed by atoms with Crippen molar-refractivity contribution < 1.29 is 17.9 Å². The predicted octanol–water partition coefficient (Wildman–Crippen LogP) is 2.83. The highest BCUT2D eigenvalue weighted by Gasteiger charge is 2.34. The number of aromatic nitrogens is 1. The third-order valence-electron chi connectivity index (χ3n) is 4.33. The number of alkyl halides is 3. The molecule has 0 radical (unpaired) electrons. The molecule has 0 unspecified atom stereocenters. The summed E-state index contributed by atoms with van der Waals surface area (Å²) in [5.41, 5.74) is -0.240. The van der Waals surface area contributed by atoms with Crippen molar-refractivity contribution in [3.63, 3.8) is 0 Å². The van der Waals surface area contributed by atoms with Crippen molar-refractivity contribution in [2.75, 3.05) is 26.2 Å². The molecule has 0 amide bonds. The van der Waals surface area contributed by atoms with E-state index >= 15 is 0 Å². The predicted molar refractivity (Wildman–Crippen MR) is 80.3 cm³/mol. The van der Waals surface area contributed by atoms with Gasteiger partial charge < -0.3 is 10.1 Å². The van der Waals surface area contributed by atoms with E-state index in [-0.39, 0.29) is 12.0 Å². The number of ether oxygens (including phenoxy) is 1. The van der Waals surface area contributed by atoms with Gasteiger partial charge in [-0.1, -0.05) is 0 Å². The molecule has 1 aromatic heterocycles. The molecule has 4 nitrogen and oxygen atoms in total. The van der Waals surface area contributed by atoms with Crippen LogP contribution in [0, 0.1) is 0 Å². The molecule has 2 fully saturated rings. The van der Waals surface area contributed by atoms with E-state index in [9.17, 15) is 13.2 Å². The minimum absolute atomic E-state index is 0.0631. The lowest BCUT2D eigenvalue weighted by Crippen LogP contribution is -2.34. The van der Waals surface area contributed by atoms with Gasteiger partial charge >= 0.3 is 6.18 Å². The molecule has 0 aromatic carbocycles. The fourth-order valence-corrected chi connectivity index (χ4v) is 3.14. The standard InChI is InChI=1S/C16H22F3N3O/c17-16(18,19)14-9-12(11-22-7-1-2-8-22)10-15(21-14)23-13-3-5-20-6-4-13/h9-10,13,20H,1-8,11H2. The first-order valence-corrected chi connectivity index (χ1v) is 8.18. The van der Waals surface area contributed by atoms with Gasteiger partial charge in [-0.05, 0) is 63.5 Å². The zero-order valence-electron chi connectivity index (χ0n) is 13.0. The highest BCUT2D eigenvalue weighted by atomic mass is 19.4. The zero-order valence-corrected chi connectivity index (χ0v) is 13.0. The van der Waals surface area contributed by atoms with E-state index in [0.29, 0.717) is 12.1 Å². The van der Waals surface area contributed by atoms with E-state index in [1.165, 1.54) is 0 Å². The maximum atomic E-state index is 13.1. The Kier molecular flexibility index (Phi) is 5.06. The molecule has 1 aromatic rings. The molecule has 0 spiro atoms. The van der Waals surface area contributed by atoms with Crippen LogP contribution in [0.4, 0.5) is 13.2 Å². The summed E-state index contributed by atoms with van der Waals surface area (Å²) in [6, 6.07) is 2.81. The second-order valence-electron chi connectivity index (χ2n) is 6.25. The Hall–Kier alpha value is -1.34. The van der Waals surface area contributed by atoms with Crippen molar-refractivity contribution in [2.45, 2.75) is 44.5 Å². The lowest BCUT2D eigenvalue weighted by atomic mass is 10.1. The smallest absolute Gasteiger partial charge is 0.433 e. The number of piperidine rings is 1. The number of likely N-dealkylation sites (tertiary alicyclic amines) is 1. The Morgan fingerprint density at radius 3 is 2.52 bits per heavy atom. The molecular formula is C16H22F3N3O. The van der Waals surface area contributed by atoms with Crippen molar-refractivity contribution in [3.8, 4) is 5.88 Å². The van der Waals surface area contributed by atoms with E-state index in [1.54, 1.807) is 6.07 Å². The van der Waals surface area contributed by atoms with E-state index in [4.69, 9.17) is 4.74 Å². The maximum absolute atomic E-state index is 13.1. The summed E-state index contributed by atoms with van der Waals surface area (Å²) in [5.74, 6) is 0.0981. The lowest BCUT2D eigenvalue weighted by molar-refractivity contribution is -0.141. The Bertz CT molecular complexity index is 524. The number of rotatable bonds is 4. The number of hydrogen-bond donors (Lipinski definition) is 1. The van der Waals surface area contributed by atoms with Gasteiger partial charge in [0.25, 0.3) is 0 Å². The summed E-state index contributed by atoms with van der Waals surface area (Å²) in [4.78, 5) is 5.86. The van der Waals surface area contributed by atoms with Crippen LogP contribution in [0.1, 0.15) is 36.9 Å². The molecule has 0 aliphatic carbocycles. The van der Waals surface area contributed by atoms with Crippen molar-refractivity contribution in [1.82, 2.24) is 15.2 Å². The normalized spacial score (nSPS) is 20.8. The fraction of sp³-hybridized carbons (Fsp3) is 0.688. The van der Waals surface area contributed by atoms with Crippen molar-refractivity contribution in [1.29, 1.82) is 0 Å². The molecule has 0 saturated carbocycles. The number of pyridine rings is 1. The highest BCUT2D eigenvalue weighted by Crippen LogP contribution is 2.31. The van der Waals surface area contributed by atoms with Crippen LogP contribution in [0.2, 0.25) is 0 Å². The molecule has 128 valence electrons. The molecule has 23 heavy (non-hydrogen) atoms. The summed E-state index contributed by atoms with van der Waals surface area (Å²) in [6.07, 6.45) is -0.719. The van der Waals surface area contributed by atoms with Gasteiger partial charge in [0.15, 0.2) is 0 Å². The summed E-state index contributed by atoms with van der Waals surface area (Å²) in [5, 5.41) is 3.21. The van der Waals surface area contributed by atoms with Crippen LogP contribution in [0.25, 0.3) is 0 Å². The third-order valence-corrected chi connectivity index (χ3v) is 4.33. The van der Waals surface area contributed by atoms with E-state index in [2.05, 4.69) is 15.2 Å². The van der Waals surface area contributed by atoms with Crippen LogP contribution in [-0.4, -0.2) is 42.2 Å². The van der Waals surface area contributed by atoms with Gasteiger partial charge in [0.2, 0.25) is 5.88 Å². The summed E-state index contributed by atoms with van der Waals surface area (Å²) in [7, 11) is 0. The zero-order chi connectivity index (χ0) is 16.3. The first-order chi connectivity index (χ1) is 11.0. The molecule has 2 saturated heterocycles. The Morgan fingerprint density at radius 1 is 1.17 bits per heavy atom. The topological polar surface area (TPSA) is 37.4 Å². The Labute approximate surface area is 134 Å². The van der Waals surface area contributed by atoms with Crippen molar-refractivity contribution in [3.05, 3.63) is 23.4 Å². The van der Waals surface area contributed by atoms with E-state index in [1.807, 2.05) is 0 Å². The number of halogens is 3. The molecule has 3 rings (SSSR count). The number of nitrogens with zero attached hydrogens (tertiary/aromatic N) is 2. The molecular weight excluding hydrogens is 307 g/mol. The quantitative estimate of drug-likeness (QED) is 0.922. The average Bonchev–Trinajstić information content (AvgIpc) is 3.00. The first-order valence-electron chi connectivity index (χ1n) is 8.18. The summed E-state index contributed by atoms with van der Waals surface area (Å²) in [6.45, 7) is 4.05. The Balaban J connectivity index is 1.78. The summed E-state index contributed by atoms with van der Waals surface area (Å²) < 4.78 is 45.0. The second kappa shape index (κ2) is 7.05. The van der Waals surface area contributed by atoms with Crippen LogP contribution in [0.3, 0.4) is 0 Å². The maximum Gasteiger partial charge on any atom is 0.433 e. The molecule has 1 N–H and O–H groups in total. The van der Waals surface area contributed by atoms with Crippen molar-refractivity contribution >= 4 is 0 Å². The number of hydrogen-bond acceptors (Lipinski definition) is 4. The third kappa shape index (κ3) is 4.57. The van der Waals surface area contributed by atoms with Crippen LogP contribution in [0.15, 0.2) is 12.1 Å². The molecule has 0 bridgehead atoms. The minimum atomic E-state index is -4.45. The van der Waals surface area contributed by atoms with Gasteiger partial charge in [0.1, 0.15) is 11.8 Å². The van der Waals surface area contributed by atoms with Gasteiger partial charge in [0.05, 0.1) is 0 Å². The highest BCUT2D eigenvalue weighted by molar-refractivity contribution is 5.27. The second-order valence-corrected chi connectivity index (χ2v) is 6.25. The average molecular weight is 329 g/mol. The van der Waals surface area contributed by atoms with Gasteiger partial charge in [-0.25, -0.2) is 4.98 Å².